The van der Waals surface area contributed by atoms with Gasteiger partial charge in [-0.3, -0.25) is 0 Å². The molecule has 0 saturated carbocycles. The van der Waals surface area contributed by atoms with Gasteiger partial charge in [-0.05, 0) is 39.9 Å². The molecule has 0 heterocycles. The van der Waals surface area contributed by atoms with Crippen LogP contribution in [0.25, 0.3) is 0 Å². The summed E-state index contributed by atoms with van der Waals surface area (Å²) in [6, 6.07) is 0. The van der Waals surface area contributed by atoms with E-state index in [1.165, 1.54) is 0 Å². The molecule has 70 valence electrons. The molecule has 12 heavy (non-hydrogen) atoms. The molecule has 0 rings (SSSR count). The van der Waals surface area contributed by atoms with E-state index in [4.69, 9.17) is 4.43 Å². The lowest BCUT2D eigenvalue weighted by Crippen LogP contribution is -2.39. The molecule has 1 atom stereocenters. The van der Waals surface area contributed by atoms with E-state index in [2.05, 4.69) is 45.3 Å². The summed E-state index contributed by atoms with van der Waals surface area (Å²) >= 11 is 0. The number of rotatable bonds is 3. The van der Waals surface area contributed by atoms with E-state index in [-0.39, 0.29) is 5.60 Å². The Balaban J connectivity index is 4.42. The van der Waals surface area contributed by atoms with Crippen LogP contribution >= 0.6 is 0 Å². The summed E-state index contributed by atoms with van der Waals surface area (Å²) in [5.74, 6) is 6.06. The number of hydrogen-bond donors (Lipinski definition) is 0. The van der Waals surface area contributed by atoms with Crippen molar-refractivity contribution in [2.45, 2.75) is 52.4 Å². The van der Waals surface area contributed by atoms with E-state index in [0.29, 0.717) is 0 Å². The largest absolute Gasteiger partial charge is 0.402 e. The Bertz CT molecular complexity index is 194. The molecule has 0 aliphatic rings. The van der Waals surface area contributed by atoms with Gasteiger partial charge in [0.25, 0.3) is 0 Å². The Labute approximate surface area is 77.6 Å². The fraction of sp³-hybridized carbons (Fsp3) is 0.800. The molecule has 0 aromatic rings. The van der Waals surface area contributed by atoms with Crippen molar-refractivity contribution in [2.24, 2.45) is 0 Å². The van der Waals surface area contributed by atoms with Gasteiger partial charge in [0.2, 0.25) is 0 Å². The highest BCUT2D eigenvalue weighted by Gasteiger charge is 2.27. The molecule has 0 radical (unpaired) electrons. The van der Waals surface area contributed by atoms with E-state index in [9.17, 15) is 0 Å². The molecule has 1 unspecified atom stereocenters. The lowest BCUT2D eigenvalue weighted by Gasteiger charge is -2.31. The van der Waals surface area contributed by atoms with Crippen LogP contribution in [0, 0.1) is 11.8 Å². The fourth-order valence-electron chi connectivity index (χ4n) is 1.13. The molecular formula is C10H20OSi. The summed E-state index contributed by atoms with van der Waals surface area (Å²) in [5.41, 5.74) is -0.223. The van der Waals surface area contributed by atoms with Crippen LogP contribution in [-0.2, 0) is 4.43 Å². The Morgan fingerprint density at radius 3 is 2.08 bits per heavy atom. The molecule has 0 amide bonds. The lowest BCUT2D eigenvalue weighted by molar-refractivity contribution is 0.138. The van der Waals surface area contributed by atoms with Gasteiger partial charge in [-0.25, -0.2) is 0 Å². The van der Waals surface area contributed by atoms with Crippen LogP contribution in [0.4, 0.5) is 0 Å². The van der Waals surface area contributed by atoms with Crippen molar-refractivity contribution in [1.82, 2.24) is 0 Å². The van der Waals surface area contributed by atoms with E-state index in [1.54, 1.807) is 0 Å². The Hall–Kier alpha value is -0.263. The molecule has 0 saturated heterocycles. The topological polar surface area (TPSA) is 9.23 Å². The highest BCUT2D eigenvalue weighted by Crippen LogP contribution is 2.20. The summed E-state index contributed by atoms with van der Waals surface area (Å²) in [5, 5.41) is 0. The maximum atomic E-state index is 5.98. The van der Waals surface area contributed by atoms with Crippen molar-refractivity contribution in [3.8, 4) is 11.8 Å². The van der Waals surface area contributed by atoms with Gasteiger partial charge in [0.1, 0.15) is 5.60 Å². The van der Waals surface area contributed by atoms with Crippen LogP contribution in [0.5, 0.6) is 0 Å². The molecule has 1 nitrogen and oxygen atoms in total. The van der Waals surface area contributed by atoms with E-state index in [1.807, 2.05) is 6.92 Å². The second kappa shape index (κ2) is 4.11. The molecule has 0 fully saturated rings. The van der Waals surface area contributed by atoms with Crippen LogP contribution in [-0.4, -0.2) is 13.9 Å². The van der Waals surface area contributed by atoms with Crippen LogP contribution in [0.1, 0.15) is 27.2 Å². The first kappa shape index (κ1) is 11.7. The quantitative estimate of drug-likeness (QED) is 0.484. The molecule has 2 heteroatoms. The zero-order valence-corrected chi connectivity index (χ0v) is 10.1. The van der Waals surface area contributed by atoms with E-state index in [0.717, 1.165) is 6.42 Å². The SMILES string of the molecule is CC#CC(C)(CC)O[Si](C)(C)C. The van der Waals surface area contributed by atoms with Crippen LogP contribution in [0.3, 0.4) is 0 Å². The average molecular weight is 184 g/mol. The molecule has 0 N–H and O–H groups in total. The summed E-state index contributed by atoms with van der Waals surface area (Å²) in [7, 11) is -1.45. The van der Waals surface area contributed by atoms with Gasteiger partial charge in [0, 0.05) is 0 Å². The van der Waals surface area contributed by atoms with E-state index < -0.39 is 8.32 Å². The second-order valence-corrected chi connectivity index (χ2v) is 8.60. The van der Waals surface area contributed by atoms with Crippen molar-refractivity contribution in [2.75, 3.05) is 0 Å². The maximum Gasteiger partial charge on any atom is 0.185 e. The summed E-state index contributed by atoms with van der Waals surface area (Å²) in [4.78, 5) is 0. The normalized spacial score (nSPS) is 16.2. The van der Waals surface area contributed by atoms with Gasteiger partial charge in [-0.15, -0.1) is 5.92 Å². The molecule has 0 aromatic carbocycles. The smallest absolute Gasteiger partial charge is 0.185 e. The van der Waals surface area contributed by atoms with Crippen molar-refractivity contribution >= 4 is 8.32 Å². The van der Waals surface area contributed by atoms with Gasteiger partial charge in [0.05, 0.1) is 0 Å². The predicted molar refractivity (Wildman–Crippen MR) is 56.6 cm³/mol. The van der Waals surface area contributed by atoms with Crippen molar-refractivity contribution in [1.29, 1.82) is 0 Å². The van der Waals surface area contributed by atoms with Crippen molar-refractivity contribution in [3.63, 3.8) is 0 Å². The minimum atomic E-state index is -1.45. The predicted octanol–water partition coefficient (Wildman–Crippen LogP) is 3.03. The first-order valence-electron chi connectivity index (χ1n) is 4.47. The third-order valence-corrected chi connectivity index (χ3v) is 2.66. The first-order valence-corrected chi connectivity index (χ1v) is 7.88. The second-order valence-electron chi connectivity index (χ2n) is 4.17. The Kier molecular flexibility index (Phi) is 4.02. The standard InChI is InChI=1S/C10H20OSi/c1-7-9-10(3,8-2)11-12(4,5)6/h8H2,1-6H3. The molecule has 0 aromatic heterocycles. The number of hydrogen-bond acceptors (Lipinski definition) is 1. The van der Waals surface area contributed by atoms with Crippen LogP contribution in [0.2, 0.25) is 19.6 Å². The van der Waals surface area contributed by atoms with Gasteiger partial charge in [0.15, 0.2) is 8.32 Å². The maximum absolute atomic E-state index is 5.98. The Morgan fingerprint density at radius 1 is 1.33 bits per heavy atom. The highest BCUT2D eigenvalue weighted by atomic mass is 28.4. The molecule has 0 bridgehead atoms. The van der Waals surface area contributed by atoms with Gasteiger partial charge >= 0.3 is 0 Å². The van der Waals surface area contributed by atoms with Crippen molar-refractivity contribution < 1.29 is 4.43 Å². The van der Waals surface area contributed by atoms with Crippen LogP contribution in [0.15, 0.2) is 0 Å². The molecule has 0 aliphatic carbocycles. The van der Waals surface area contributed by atoms with Gasteiger partial charge < -0.3 is 4.43 Å². The fourth-order valence-corrected chi connectivity index (χ4v) is 2.67. The average Bonchev–Trinajstić information content (AvgIpc) is 1.84. The van der Waals surface area contributed by atoms with Gasteiger partial charge in [-0.1, -0.05) is 12.8 Å². The highest BCUT2D eigenvalue weighted by molar-refractivity contribution is 6.69. The minimum absolute atomic E-state index is 0.223. The molecule has 0 spiro atoms. The lowest BCUT2D eigenvalue weighted by atomic mass is 10.1. The summed E-state index contributed by atoms with van der Waals surface area (Å²) < 4.78 is 5.98. The summed E-state index contributed by atoms with van der Waals surface area (Å²) in [6.07, 6.45) is 0.956. The summed E-state index contributed by atoms with van der Waals surface area (Å²) in [6.45, 7) is 12.6. The van der Waals surface area contributed by atoms with Crippen LogP contribution < -0.4 is 0 Å². The molecule has 0 aliphatic heterocycles. The van der Waals surface area contributed by atoms with E-state index >= 15 is 0 Å². The van der Waals surface area contributed by atoms with Gasteiger partial charge in [-0.2, -0.15) is 0 Å². The zero-order chi connectivity index (χ0) is 9.83. The third-order valence-electron chi connectivity index (χ3n) is 1.60. The zero-order valence-electron chi connectivity index (χ0n) is 9.12. The van der Waals surface area contributed by atoms with Crippen molar-refractivity contribution in [3.05, 3.63) is 0 Å². The Morgan fingerprint density at radius 2 is 1.83 bits per heavy atom. The third kappa shape index (κ3) is 4.58. The monoisotopic (exact) mass is 184 g/mol. The first-order chi connectivity index (χ1) is 5.33. The minimum Gasteiger partial charge on any atom is -0.402 e. The molecular weight excluding hydrogens is 164 g/mol.